The molecule has 0 spiro atoms. The first-order chi connectivity index (χ1) is 13.9. The van der Waals surface area contributed by atoms with Crippen LogP contribution >= 0.6 is 0 Å². The van der Waals surface area contributed by atoms with Gasteiger partial charge in [-0.2, -0.15) is 20.1 Å². The maximum Gasteiger partial charge on any atom is 0.275 e. The van der Waals surface area contributed by atoms with E-state index < -0.39 is 0 Å². The van der Waals surface area contributed by atoms with Crippen molar-refractivity contribution < 1.29 is 4.39 Å². The molecule has 0 aliphatic carbocycles. The molecule has 0 aliphatic rings. The van der Waals surface area contributed by atoms with E-state index in [4.69, 9.17) is 0 Å². The lowest BCUT2D eigenvalue weighted by atomic mass is 10.1. The summed E-state index contributed by atoms with van der Waals surface area (Å²) in [6.07, 6.45) is 0. The predicted octanol–water partition coefficient (Wildman–Crippen LogP) is 5.12. The first-order valence-electron chi connectivity index (χ1n) is 9.32. The van der Waals surface area contributed by atoms with E-state index in [1.165, 1.54) is 6.07 Å². The van der Waals surface area contributed by atoms with Gasteiger partial charge in [0.05, 0.1) is 6.54 Å². The summed E-state index contributed by atoms with van der Waals surface area (Å²) in [5.74, 6) is 0.611. The van der Waals surface area contributed by atoms with Crippen LogP contribution in [0.15, 0.2) is 64.8 Å². The van der Waals surface area contributed by atoms with Crippen LogP contribution in [-0.4, -0.2) is 20.5 Å². The minimum absolute atomic E-state index is 0.104. The highest BCUT2D eigenvalue weighted by atomic mass is 19.1. The molecule has 0 radical (unpaired) electrons. The van der Waals surface area contributed by atoms with Crippen molar-refractivity contribution in [3.8, 4) is 0 Å². The van der Waals surface area contributed by atoms with Gasteiger partial charge in [0.15, 0.2) is 0 Å². The molecule has 0 bridgehead atoms. The molecule has 0 amide bonds. The Morgan fingerprint density at radius 3 is 2.31 bits per heavy atom. The number of benzene rings is 2. The first-order valence-corrected chi connectivity index (χ1v) is 9.32. The van der Waals surface area contributed by atoms with Crippen LogP contribution in [0.3, 0.4) is 0 Å². The SMILES string of the molecule is CC(C)(C)Nc1nc(N=NCc2ccccc2F)nc(NCc2ccccc2)n1. The summed E-state index contributed by atoms with van der Waals surface area (Å²) in [7, 11) is 0. The number of rotatable bonds is 7. The summed E-state index contributed by atoms with van der Waals surface area (Å²) in [6.45, 7) is 6.69. The number of halogens is 1. The number of nitrogens with zero attached hydrogens (tertiary/aromatic N) is 5. The summed E-state index contributed by atoms with van der Waals surface area (Å²) >= 11 is 0. The number of aromatic nitrogens is 3. The molecule has 1 aromatic heterocycles. The van der Waals surface area contributed by atoms with Gasteiger partial charge in [-0.25, -0.2) is 4.39 Å². The highest BCUT2D eigenvalue weighted by molar-refractivity contribution is 5.41. The second-order valence-corrected chi connectivity index (χ2v) is 7.49. The topological polar surface area (TPSA) is 87.5 Å². The van der Waals surface area contributed by atoms with Crippen LogP contribution in [0.25, 0.3) is 0 Å². The van der Waals surface area contributed by atoms with Gasteiger partial charge in [0, 0.05) is 17.6 Å². The van der Waals surface area contributed by atoms with E-state index >= 15 is 0 Å². The fourth-order valence-corrected chi connectivity index (χ4v) is 2.46. The van der Waals surface area contributed by atoms with Gasteiger partial charge in [-0.1, -0.05) is 48.5 Å². The van der Waals surface area contributed by atoms with Crippen LogP contribution in [0, 0.1) is 5.82 Å². The summed E-state index contributed by atoms with van der Waals surface area (Å²) in [4.78, 5) is 13.0. The number of hydrogen-bond donors (Lipinski definition) is 2. The van der Waals surface area contributed by atoms with E-state index in [2.05, 4.69) is 35.8 Å². The van der Waals surface area contributed by atoms with Gasteiger partial charge in [0.25, 0.3) is 5.95 Å². The zero-order valence-corrected chi connectivity index (χ0v) is 16.7. The molecule has 0 fully saturated rings. The van der Waals surface area contributed by atoms with Crippen molar-refractivity contribution in [1.82, 2.24) is 15.0 Å². The highest BCUT2D eigenvalue weighted by Crippen LogP contribution is 2.17. The van der Waals surface area contributed by atoms with Crippen LogP contribution in [0.2, 0.25) is 0 Å². The highest BCUT2D eigenvalue weighted by Gasteiger charge is 2.14. The number of azo groups is 1. The summed E-state index contributed by atoms with van der Waals surface area (Å²) in [5.41, 5.74) is 1.32. The second kappa shape index (κ2) is 9.18. The summed E-state index contributed by atoms with van der Waals surface area (Å²) < 4.78 is 13.7. The zero-order chi connectivity index (χ0) is 20.7. The molecule has 0 atom stereocenters. The van der Waals surface area contributed by atoms with Gasteiger partial charge in [-0.3, -0.25) is 0 Å². The standard InChI is InChI=1S/C21H24FN7/c1-21(2,3)28-19-25-18(23-13-15-9-5-4-6-10-15)26-20(27-19)29-24-14-16-11-7-8-12-17(16)22/h4-12H,13-14H2,1-3H3,(H2,23,25,26,27,28). The van der Waals surface area contributed by atoms with E-state index in [0.717, 1.165) is 5.56 Å². The zero-order valence-electron chi connectivity index (χ0n) is 16.7. The third-order valence-electron chi connectivity index (χ3n) is 3.76. The van der Waals surface area contributed by atoms with Crippen LogP contribution in [-0.2, 0) is 13.1 Å². The Morgan fingerprint density at radius 1 is 0.897 bits per heavy atom. The molecule has 150 valence electrons. The van der Waals surface area contributed by atoms with Crippen molar-refractivity contribution in [3.05, 3.63) is 71.5 Å². The Bertz CT molecular complexity index is 968. The molecule has 29 heavy (non-hydrogen) atoms. The van der Waals surface area contributed by atoms with Crippen molar-refractivity contribution in [2.75, 3.05) is 10.6 Å². The fourth-order valence-electron chi connectivity index (χ4n) is 2.46. The van der Waals surface area contributed by atoms with Crippen molar-refractivity contribution >= 4 is 17.8 Å². The van der Waals surface area contributed by atoms with Gasteiger partial charge < -0.3 is 10.6 Å². The smallest absolute Gasteiger partial charge is 0.275 e. The molecular weight excluding hydrogens is 369 g/mol. The van der Waals surface area contributed by atoms with Crippen LogP contribution < -0.4 is 10.6 Å². The van der Waals surface area contributed by atoms with Gasteiger partial charge in [0.1, 0.15) is 5.82 Å². The number of anilines is 2. The monoisotopic (exact) mass is 393 g/mol. The van der Waals surface area contributed by atoms with Gasteiger partial charge in [-0.05, 0) is 32.4 Å². The Kier molecular flexibility index (Phi) is 6.43. The lowest BCUT2D eigenvalue weighted by molar-refractivity contribution is 0.608. The molecule has 0 saturated heterocycles. The predicted molar refractivity (Wildman–Crippen MR) is 112 cm³/mol. The Hall–Kier alpha value is -3.42. The van der Waals surface area contributed by atoms with E-state index in [9.17, 15) is 4.39 Å². The average Bonchev–Trinajstić information content (AvgIpc) is 2.67. The van der Waals surface area contributed by atoms with Gasteiger partial charge >= 0.3 is 0 Å². The van der Waals surface area contributed by atoms with Gasteiger partial charge in [0.2, 0.25) is 11.9 Å². The van der Waals surface area contributed by atoms with E-state index in [-0.39, 0.29) is 23.8 Å². The molecule has 3 aromatic rings. The lowest BCUT2D eigenvalue weighted by Gasteiger charge is -2.20. The van der Waals surface area contributed by atoms with Gasteiger partial charge in [-0.15, -0.1) is 5.11 Å². The van der Waals surface area contributed by atoms with E-state index in [0.29, 0.717) is 24.0 Å². The summed E-state index contributed by atoms with van der Waals surface area (Å²) in [5, 5.41) is 14.5. The number of nitrogens with one attached hydrogen (secondary N) is 2. The molecule has 7 nitrogen and oxygen atoms in total. The Balaban J connectivity index is 1.78. The minimum Gasteiger partial charge on any atom is -0.350 e. The molecule has 2 N–H and O–H groups in total. The van der Waals surface area contributed by atoms with Crippen LogP contribution in [0.4, 0.5) is 22.2 Å². The molecule has 0 saturated carbocycles. The average molecular weight is 393 g/mol. The Morgan fingerprint density at radius 2 is 1.59 bits per heavy atom. The van der Waals surface area contributed by atoms with E-state index in [1.807, 2.05) is 51.1 Å². The largest absolute Gasteiger partial charge is 0.350 e. The lowest BCUT2D eigenvalue weighted by Crippen LogP contribution is -2.27. The Labute approximate surface area is 169 Å². The number of hydrogen-bond acceptors (Lipinski definition) is 7. The van der Waals surface area contributed by atoms with Crippen LogP contribution in [0.5, 0.6) is 0 Å². The maximum absolute atomic E-state index is 13.7. The van der Waals surface area contributed by atoms with Crippen molar-refractivity contribution in [2.45, 2.75) is 39.4 Å². The molecule has 0 unspecified atom stereocenters. The summed E-state index contributed by atoms with van der Waals surface area (Å²) in [6, 6.07) is 16.4. The van der Waals surface area contributed by atoms with E-state index in [1.54, 1.807) is 18.2 Å². The van der Waals surface area contributed by atoms with Crippen molar-refractivity contribution in [3.63, 3.8) is 0 Å². The normalized spacial score (nSPS) is 11.6. The molecule has 8 heteroatoms. The third-order valence-corrected chi connectivity index (χ3v) is 3.76. The molecule has 0 aliphatic heterocycles. The minimum atomic E-state index is -0.317. The molecular formula is C21H24FN7. The maximum atomic E-state index is 13.7. The van der Waals surface area contributed by atoms with Crippen LogP contribution in [0.1, 0.15) is 31.9 Å². The molecule has 3 rings (SSSR count). The fraction of sp³-hybridized carbons (Fsp3) is 0.286. The second-order valence-electron chi connectivity index (χ2n) is 7.49. The van der Waals surface area contributed by atoms with Crippen molar-refractivity contribution in [2.24, 2.45) is 10.2 Å². The quantitative estimate of drug-likeness (QED) is 0.544. The first kappa shape index (κ1) is 20.3. The molecule has 2 aromatic carbocycles. The third kappa shape index (κ3) is 6.60. The van der Waals surface area contributed by atoms with Crippen molar-refractivity contribution in [1.29, 1.82) is 0 Å². The molecule has 1 heterocycles.